The minimum Gasteiger partial charge on any atom is -0.497 e. The number of hydrogen-bond acceptors (Lipinski definition) is 3. The first-order chi connectivity index (χ1) is 12.2. The van der Waals surface area contributed by atoms with E-state index in [1.807, 2.05) is 18.2 Å². The second-order valence-corrected chi connectivity index (χ2v) is 6.53. The molecule has 1 amide bonds. The number of hydrogen-bond donors (Lipinski definition) is 1. The van der Waals surface area contributed by atoms with Gasteiger partial charge in [0.05, 0.1) is 14.2 Å². The SMILES string of the molecule is CCCCCCCCCCCC(=O)NCc1ccc(OC)cc1OC. The molecule has 1 aromatic carbocycles. The molecule has 0 heterocycles. The Balaban J connectivity index is 2.13. The van der Waals surface area contributed by atoms with Gasteiger partial charge in [-0.15, -0.1) is 0 Å². The van der Waals surface area contributed by atoms with Crippen LogP contribution in [0.5, 0.6) is 11.5 Å². The highest BCUT2D eigenvalue weighted by atomic mass is 16.5. The molecule has 4 nitrogen and oxygen atoms in total. The van der Waals surface area contributed by atoms with Crippen LogP contribution >= 0.6 is 0 Å². The van der Waals surface area contributed by atoms with E-state index < -0.39 is 0 Å². The van der Waals surface area contributed by atoms with Crippen LogP contribution in [-0.2, 0) is 11.3 Å². The lowest BCUT2D eigenvalue weighted by atomic mass is 10.1. The Labute approximate surface area is 153 Å². The summed E-state index contributed by atoms with van der Waals surface area (Å²) in [4.78, 5) is 12.0. The normalized spacial score (nSPS) is 10.5. The molecule has 0 aliphatic heterocycles. The zero-order valence-electron chi connectivity index (χ0n) is 16.2. The Morgan fingerprint density at radius 3 is 2.16 bits per heavy atom. The Kier molecular flexibility index (Phi) is 11.6. The zero-order chi connectivity index (χ0) is 18.3. The number of ether oxygens (including phenoxy) is 2. The second kappa shape index (κ2) is 13.6. The molecule has 1 N–H and O–H groups in total. The van der Waals surface area contributed by atoms with Gasteiger partial charge in [-0.05, 0) is 18.6 Å². The first-order valence-corrected chi connectivity index (χ1v) is 9.68. The third kappa shape index (κ3) is 9.37. The Morgan fingerprint density at radius 1 is 0.920 bits per heavy atom. The lowest BCUT2D eigenvalue weighted by molar-refractivity contribution is -0.121. The van der Waals surface area contributed by atoms with Gasteiger partial charge in [-0.1, -0.05) is 58.3 Å². The molecule has 0 bridgehead atoms. The van der Waals surface area contributed by atoms with E-state index in [0.717, 1.165) is 29.9 Å². The largest absolute Gasteiger partial charge is 0.497 e. The molecule has 0 fully saturated rings. The van der Waals surface area contributed by atoms with Crippen LogP contribution in [0.25, 0.3) is 0 Å². The summed E-state index contributed by atoms with van der Waals surface area (Å²) in [7, 11) is 3.25. The fourth-order valence-electron chi connectivity index (χ4n) is 2.88. The van der Waals surface area contributed by atoms with Gasteiger partial charge in [0.2, 0.25) is 5.91 Å². The molecule has 0 atom stereocenters. The number of rotatable bonds is 14. The minimum absolute atomic E-state index is 0.112. The van der Waals surface area contributed by atoms with Crippen molar-refractivity contribution in [3.63, 3.8) is 0 Å². The molecule has 0 spiro atoms. The van der Waals surface area contributed by atoms with E-state index in [-0.39, 0.29) is 5.91 Å². The minimum atomic E-state index is 0.112. The van der Waals surface area contributed by atoms with Gasteiger partial charge in [-0.25, -0.2) is 0 Å². The lowest BCUT2D eigenvalue weighted by Crippen LogP contribution is -2.22. The summed E-state index contributed by atoms with van der Waals surface area (Å²) in [5.74, 6) is 1.60. The molecule has 25 heavy (non-hydrogen) atoms. The van der Waals surface area contributed by atoms with Crippen molar-refractivity contribution >= 4 is 5.91 Å². The Bertz CT molecular complexity index is 488. The van der Waals surface area contributed by atoms with E-state index in [9.17, 15) is 4.79 Å². The van der Waals surface area contributed by atoms with Crippen LogP contribution in [0.1, 0.15) is 76.7 Å². The molecule has 0 radical (unpaired) electrons. The standard InChI is InChI=1S/C21H35NO3/c1-4-5-6-7-8-9-10-11-12-13-21(23)22-17-18-14-15-19(24-2)16-20(18)25-3/h14-16H,4-13,17H2,1-3H3,(H,22,23). The van der Waals surface area contributed by atoms with Gasteiger partial charge in [0.15, 0.2) is 0 Å². The van der Waals surface area contributed by atoms with Gasteiger partial charge in [0.1, 0.15) is 11.5 Å². The summed E-state index contributed by atoms with van der Waals surface area (Å²) in [6, 6.07) is 5.64. The summed E-state index contributed by atoms with van der Waals surface area (Å²) in [5, 5.41) is 2.98. The maximum atomic E-state index is 12.0. The summed E-state index contributed by atoms with van der Waals surface area (Å²) in [6.07, 6.45) is 12.0. The first-order valence-electron chi connectivity index (χ1n) is 9.68. The van der Waals surface area contributed by atoms with Crippen LogP contribution < -0.4 is 14.8 Å². The average molecular weight is 350 g/mol. The lowest BCUT2D eigenvalue weighted by Gasteiger charge is -2.11. The van der Waals surface area contributed by atoms with Crippen molar-refractivity contribution in [3.8, 4) is 11.5 Å². The van der Waals surface area contributed by atoms with Gasteiger partial charge < -0.3 is 14.8 Å². The molecule has 0 saturated heterocycles. The van der Waals surface area contributed by atoms with Crippen molar-refractivity contribution in [3.05, 3.63) is 23.8 Å². The molecule has 1 rings (SSSR count). The van der Waals surface area contributed by atoms with Crippen LogP contribution in [0.4, 0.5) is 0 Å². The number of amides is 1. The quantitative estimate of drug-likeness (QED) is 0.467. The molecular weight excluding hydrogens is 314 g/mol. The third-order valence-corrected chi connectivity index (χ3v) is 4.48. The smallest absolute Gasteiger partial charge is 0.220 e. The van der Waals surface area contributed by atoms with Crippen molar-refractivity contribution in [2.24, 2.45) is 0 Å². The Hall–Kier alpha value is -1.71. The average Bonchev–Trinajstić information content (AvgIpc) is 2.64. The van der Waals surface area contributed by atoms with Crippen LogP contribution in [0, 0.1) is 0 Å². The van der Waals surface area contributed by atoms with E-state index in [1.54, 1.807) is 14.2 Å². The topological polar surface area (TPSA) is 47.6 Å². The van der Waals surface area contributed by atoms with E-state index in [1.165, 1.54) is 44.9 Å². The van der Waals surface area contributed by atoms with Crippen LogP contribution in [0.2, 0.25) is 0 Å². The van der Waals surface area contributed by atoms with E-state index in [2.05, 4.69) is 12.2 Å². The molecule has 0 aliphatic carbocycles. The molecule has 0 aliphatic rings. The van der Waals surface area contributed by atoms with Gasteiger partial charge in [0, 0.05) is 24.6 Å². The van der Waals surface area contributed by atoms with Crippen LogP contribution in [-0.4, -0.2) is 20.1 Å². The number of benzene rings is 1. The van der Waals surface area contributed by atoms with Gasteiger partial charge >= 0.3 is 0 Å². The maximum Gasteiger partial charge on any atom is 0.220 e. The summed E-state index contributed by atoms with van der Waals surface area (Å²) in [5.41, 5.74) is 0.962. The molecule has 0 aromatic heterocycles. The molecule has 0 saturated carbocycles. The summed E-state index contributed by atoms with van der Waals surface area (Å²) >= 11 is 0. The highest BCUT2D eigenvalue weighted by Gasteiger charge is 2.07. The fourth-order valence-corrected chi connectivity index (χ4v) is 2.88. The summed E-state index contributed by atoms with van der Waals surface area (Å²) < 4.78 is 10.5. The van der Waals surface area contributed by atoms with E-state index >= 15 is 0 Å². The van der Waals surface area contributed by atoms with Gasteiger partial charge in [0.25, 0.3) is 0 Å². The van der Waals surface area contributed by atoms with Crippen LogP contribution in [0.15, 0.2) is 18.2 Å². The molecule has 1 aromatic rings. The number of methoxy groups -OCH3 is 2. The van der Waals surface area contributed by atoms with Crippen molar-refractivity contribution in [2.75, 3.05) is 14.2 Å². The number of carbonyl (C=O) groups is 1. The summed E-state index contributed by atoms with van der Waals surface area (Å²) in [6.45, 7) is 2.74. The number of nitrogens with one attached hydrogen (secondary N) is 1. The monoisotopic (exact) mass is 349 g/mol. The predicted octanol–water partition coefficient (Wildman–Crippen LogP) is 5.24. The second-order valence-electron chi connectivity index (χ2n) is 6.53. The van der Waals surface area contributed by atoms with Crippen LogP contribution in [0.3, 0.4) is 0 Å². The maximum absolute atomic E-state index is 12.0. The van der Waals surface area contributed by atoms with Gasteiger partial charge in [-0.2, -0.15) is 0 Å². The van der Waals surface area contributed by atoms with Gasteiger partial charge in [-0.3, -0.25) is 4.79 Å². The molecule has 142 valence electrons. The van der Waals surface area contributed by atoms with Crippen molar-refractivity contribution in [1.82, 2.24) is 5.32 Å². The highest BCUT2D eigenvalue weighted by Crippen LogP contribution is 2.24. The first kappa shape index (κ1) is 21.3. The predicted molar refractivity (Wildman–Crippen MR) is 103 cm³/mol. The van der Waals surface area contributed by atoms with Crippen molar-refractivity contribution in [2.45, 2.75) is 77.7 Å². The zero-order valence-corrected chi connectivity index (χ0v) is 16.2. The van der Waals surface area contributed by atoms with Crippen molar-refractivity contribution in [1.29, 1.82) is 0 Å². The van der Waals surface area contributed by atoms with E-state index in [0.29, 0.717) is 13.0 Å². The molecule has 0 unspecified atom stereocenters. The molecule has 4 heteroatoms. The Morgan fingerprint density at radius 2 is 1.56 bits per heavy atom. The highest BCUT2D eigenvalue weighted by molar-refractivity contribution is 5.75. The van der Waals surface area contributed by atoms with E-state index in [4.69, 9.17) is 9.47 Å². The number of unbranched alkanes of at least 4 members (excludes halogenated alkanes) is 8. The van der Waals surface area contributed by atoms with Crippen molar-refractivity contribution < 1.29 is 14.3 Å². The number of carbonyl (C=O) groups excluding carboxylic acids is 1. The molecular formula is C21H35NO3. The fraction of sp³-hybridized carbons (Fsp3) is 0.667. The third-order valence-electron chi connectivity index (χ3n) is 4.48.